The molecule has 0 spiro atoms. The van der Waals surface area contributed by atoms with Crippen LogP contribution in [0.5, 0.6) is 5.75 Å². The van der Waals surface area contributed by atoms with Gasteiger partial charge in [-0.05, 0) is 115 Å². The molecule has 8 heteroatoms. The van der Waals surface area contributed by atoms with Gasteiger partial charge in [-0.15, -0.1) is 26.0 Å². The van der Waals surface area contributed by atoms with E-state index in [2.05, 4.69) is 55.7 Å². The standard InChI is InChI=1S/C32H46F3NO2.H3NS/c1-5-21-18-24-27-13-12-25(31(27,4)16-14-28(24)30(3)15-7-6-11-26(21)30)20(2)19-36-29(37)22-9-8-10-23(17-22)38-32(33,34)35;1-2/h8-10,17,20-21,24-28H,5-7,11-16,18-19H2,1-4H3,(H,36,37);2H,1H2/t20-,21+,24?,25?,26?,27?,28+,30?,31?;/m1./s1. The van der Waals surface area contributed by atoms with Crippen LogP contribution in [-0.4, -0.2) is 18.8 Å². The van der Waals surface area contributed by atoms with E-state index in [1.165, 1.54) is 82.4 Å². The number of carbonyl (C=O) groups excluding carboxylic acids is 1. The molecule has 4 aliphatic rings. The summed E-state index contributed by atoms with van der Waals surface area (Å²) < 4.78 is 41.8. The molecule has 3 N–H and O–H groups in total. The van der Waals surface area contributed by atoms with Gasteiger partial charge in [-0.25, -0.2) is 0 Å². The number of ether oxygens (including phenoxy) is 1. The molecular formula is C32H49F3N2O2S. The summed E-state index contributed by atoms with van der Waals surface area (Å²) in [6.07, 6.45) is 8.78. The SMILES string of the molecule is CC[C@H]1CC2C3CCC([C@H](C)CNC(=O)c4cccc(OC(F)(F)F)c4)C3(C)CC[C@@H]2C2(C)CCCCC12.NS. The summed E-state index contributed by atoms with van der Waals surface area (Å²) in [5.74, 6) is 4.43. The number of halogens is 3. The van der Waals surface area contributed by atoms with Crippen LogP contribution in [0.2, 0.25) is 0 Å². The number of nitrogens with one attached hydrogen (secondary N) is 1. The monoisotopic (exact) mass is 582 g/mol. The van der Waals surface area contributed by atoms with Gasteiger partial charge in [-0.1, -0.05) is 53.0 Å². The van der Waals surface area contributed by atoms with Crippen molar-refractivity contribution >= 4 is 18.7 Å². The van der Waals surface area contributed by atoms with Crippen LogP contribution in [0.15, 0.2) is 24.3 Å². The van der Waals surface area contributed by atoms with E-state index < -0.39 is 6.36 Å². The van der Waals surface area contributed by atoms with Crippen molar-refractivity contribution in [2.45, 2.75) is 98.3 Å². The van der Waals surface area contributed by atoms with Gasteiger partial charge in [0.1, 0.15) is 5.75 Å². The van der Waals surface area contributed by atoms with Gasteiger partial charge in [0.25, 0.3) is 5.91 Å². The van der Waals surface area contributed by atoms with E-state index in [9.17, 15) is 18.0 Å². The average molecular weight is 583 g/mol. The van der Waals surface area contributed by atoms with Crippen molar-refractivity contribution in [1.29, 1.82) is 0 Å². The van der Waals surface area contributed by atoms with Gasteiger partial charge in [0.2, 0.25) is 0 Å². The van der Waals surface area contributed by atoms with Gasteiger partial charge >= 0.3 is 6.36 Å². The van der Waals surface area contributed by atoms with Gasteiger partial charge < -0.3 is 10.1 Å². The summed E-state index contributed by atoms with van der Waals surface area (Å²) in [5, 5.41) is 7.21. The zero-order chi connectivity index (χ0) is 29.3. The van der Waals surface area contributed by atoms with Gasteiger partial charge in [0.15, 0.2) is 0 Å². The minimum atomic E-state index is -4.78. The third-order valence-electron chi connectivity index (χ3n) is 12.0. The molecule has 4 aliphatic carbocycles. The van der Waals surface area contributed by atoms with Crippen LogP contribution in [0, 0.1) is 52.3 Å². The molecule has 9 atom stereocenters. The molecule has 0 radical (unpaired) electrons. The average Bonchev–Trinajstić information content (AvgIpc) is 3.28. The topological polar surface area (TPSA) is 64.3 Å². The highest BCUT2D eigenvalue weighted by molar-refractivity contribution is 7.77. The molecule has 4 nitrogen and oxygen atoms in total. The Kier molecular flexibility index (Phi) is 9.81. The van der Waals surface area contributed by atoms with E-state index in [-0.39, 0.29) is 17.2 Å². The van der Waals surface area contributed by atoms with Crippen molar-refractivity contribution < 1.29 is 22.7 Å². The van der Waals surface area contributed by atoms with Gasteiger partial charge in [0, 0.05) is 12.1 Å². The second-order valence-electron chi connectivity index (χ2n) is 13.6. The smallest absolute Gasteiger partial charge is 0.406 e. The van der Waals surface area contributed by atoms with E-state index >= 15 is 0 Å². The normalized spacial score (nSPS) is 37.6. The van der Waals surface area contributed by atoms with E-state index in [4.69, 9.17) is 0 Å². The Balaban J connectivity index is 0.00000181. The van der Waals surface area contributed by atoms with E-state index in [0.717, 1.165) is 35.7 Å². The van der Waals surface area contributed by atoms with Crippen molar-refractivity contribution in [3.8, 4) is 5.75 Å². The maximum atomic E-state index is 12.8. The predicted molar refractivity (Wildman–Crippen MR) is 157 cm³/mol. The van der Waals surface area contributed by atoms with Gasteiger partial charge in [-0.2, -0.15) is 0 Å². The third kappa shape index (κ3) is 6.04. The molecule has 4 saturated carbocycles. The maximum absolute atomic E-state index is 12.8. The van der Waals surface area contributed by atoms with Crippen LogP contribution < -0.4 is 15.2 Å². The van der Waals surface area contributed by atoms with Crippen LogP contribution in [0.3, 0.4) is 0 Å². The first-order valence-corrected chi connectivity index (χ1v) is 15.9. The Morgan fingerprint density at radius 2 is 1.80 bits per heavy atom. The molecule has 0 aliphatic heterocycles. The molecule has 0 bridgehead atoms. The lowest BCUT2D eigenvalue weighted by molar-refractivity contribution is -0.274. The molecule has 226 valence electrons. The molecule has 5 rings (SSSR count). The number of amides is 1. The Labute approximate surface area is 244 Å². The Bertz CT molecular complexity index is 1020. The van der Waals surface area contributed by atoms with E-state index in [0.29, 0.717) is 29.2 Å². The first-order valence-electron chi connectivity index (χ1n) is 15.4. The molecule has 6 unspecified atom stereocenters. The number of fused-ring (bicyclic) bond motifs is 5. The lowest BCUT2D eigenvalue weighted by atomic mass is 9.42. The molecule has 0 aromatic heterocycles. The fourth-order valence-corrected chi connectivity index (χ4v) is 10.3. The maximum Gasteiger partial charge on any atom is 0.573 e. The highest BCUT2D eigenvalue weighted by atomic mass is 32.1. The fraction of sp³-hybridized carbons (Fsp3) is 0.781. The number of carbonyl (C=O) groups is 1. The predicted octanol–water partition coefficient (Wildman–Crippen LogP) is 8.43. The lowest BCUT2D eigenvalue weighted by Crippen LogP contribution is -2.55. The van der Waals surface area contributed by atoms with E-state index in [1.807, 2.05) is 0 Å². The number of benzene rings is 1. The minimum Gasteiger partial charge on any atom is -0.406 e. The molecule has 1 aromatic rings. The largest absolute Gasteiger partial charge is 0.573 e. The molecule has 1 aromatic carbocycles. The van der Waals surface area contributed by atoms with Crippen molar-refractivity contribution in [1.82, 2.24) is 5.32 Å². The summed E-state index contributed by atoms with van der Waals surface area (Å²) in [6.45, 7) is 10.4. The van der Waals surface area contributed by atoms with Crippen LogP contribution >= 0.6 is 12.8 Å². The third-order valence-corrected chi connectivity index (χ3v) is 12.0. The van der Waals surface area contributed by atoms with Crippen molar-refractivity contribution in [2.75, 3.05) is 6.54 Å². The Hall–Kier alpha value is -1.41. The van der Waals surface area contributed by atoms with Crippen LogP contribution in [0.25, 0.3) is 0 Å². The van der Waals surface area contributed by atoms with Crippen LogP contribution in [0.4, 0.5) is 13.2 Å². The lowest BCUT2D eigenvalue weighted by Gasteiger charge is -2.63. The Morgan fingerprint density at radius 3 is 2.50 bits per heavy atom. The summed E-state index contributed by atoms with van der Waals surface area (Å²) in [5.41, 5.74) is 1.02. The second-order valence-corrected chi connectivity index (χ2v) is 13.6. The zero-order valence-corrected chi connectivity index (χ0v) is 25.5. The highest BCUT2D eigenvalue weighted by Gasteiger charge is 2.61. The van der Waals surface area contributed by atoms with Crippen molar-refractivity contribution in [2.24, 2.45) is 57.4 Å². The molecule has 40 heavy (non-hydrogen) atoms. The number of hydrogen-bond donors (Lipinski definition) is 3. The van der Waals surface area contributed by atoms with Gasteiger partial charge in [0.05, 0.1) is 0 Å². The fourth-order valence-electron chi connectivity index (χ4n) is 10.3. The molecule has 0 heterocycles. The minimum absolute atomic E-state index is 0.193. The van der Waals surface area contributed by atoms with Crippen LogP contribution in [0.1, 0.15) is 102 Å². The molecule has 0 saturated heterocycles. The second kappa shape index (κ2) is 12.4. The quantitative estimate of drug-likeness (QED) is 0.295. The summed E-state index contributed by atoms with van der Waals surface area (Å²) >= 11 is 3.03. The molecular weight excluding hydrogens is 533 g/mol. The molecule has 4 fully saturated rings. The number of hydrogen-bond acceptors (Lipinski definition) is 4. The number of nitrogens with two attached hydrogens (primary N) is 1. The molecule has 1 amide bonds. The summed E-state index contributed by atoms with van der Waals surface area (Å²) in [6, 6.07) is 5.33. The first-order chi connectivity index (χ1) is 19.0. The van der Waals surface area contributed by atoms with Crippen molar-refractivity contribution in [3.63, 3.8) is 0 Å². The number of rotatable bonds is 6. The Morgan fingerprint density at radius 1 is 1.07 bits per heavy atom. The van der Waals surface area contributed by atoms with E-state index in [1.54, 1.807) is 0 Å². The van der Waals surface area contributed by atoms with Crippen molar-refractivity contribution in [3.05, 3.63) is 29.8 Å². The number of thiol groups is 1. The summed E-state index contributed by atoms with van der Waals surface area (Å²) in [4.78, 5) is 12.8. The van der Waals surface area contributed by atoms with Gasteiger partial charge in [-0.3, -0.25) is 9.93 Å². The number of alkyl halides is 3. The highest BCUT2D eigenvalue weighted by Crippen LogP contribution is 2.69. The first kappa shape index (κ1) is 31.5. The van der Waals surface area contributed by atoms with Crippen LogP contribution in [-0.2, 0) is 0 Å². The summed E-state index contributed by atoms with van der Waals surface area (Å²) in [7, 11) is 0. The zero-order valence-electron chi connectivity index (χ0n) is 24.6.